The molecule has 2 aromatic heterocycles. The van der Waals surface area contributed by atoms with Crippen LogP contribution in [0.25, 0.3) is 5.52 Å². The maximum atomic E-state index is 14.1. The first-order chi connectivity index (χ1) is 20.9. The van der Waals surface area contributed by atoms with Gasteiger partial charge >= 0.3 is 12.1 Å². The fourth-order valence-corrected chi connectivity index (χ4v) is 5.01. The number of amides is 2. The molecule has 11 nitrogen and oxygen atoms in total. The van der Waals surface area contributed by atoms with E-state index in [4.69, 9.17) is 9.84 Å². The number of carbonyl (C=O) groups excluding carboxylic acids is 2. The fourth-order valence-electron chi connectivity index (χ4n) is 5.01. The van der Waals surface area contributed by atoms with E-state index in [2.05, 4.69) is 5.32 Å². The number of hydrogen-bond donors (Lipinski definition) is 2. The van der Waals surface area contributed by atoms with E-state index in [1.165, 1.54) is 21.3 Å². The lowest BCUT2D eigenvalue weighted by Crippen LogP contribution is -2.41. The highest BCUT2D eigenvalue weighted by atomic mass is 16.6. The van der Waals surface area contributed by atoms with Gasteiger partial charge in [-0.05, 0) is 64.3 Å². The summed E-state index contributed by atoms with van der Waals surface area (Å²) in [4.78, 5) is 53.9. The molecule has 0 spiro atoms. The van der Waals surface area contributed by atoms with Gasteiger partial charge in [0.25, 0.3) is 11.5 Å². The zero-order valence-corrected chi connectivity index (χ0v) is 25.7. The summed E-state index contributed by atoms with van der Waals surface area (Å²) in [6.07, 6.45) is 1.72. The third kappa shape index (κ3) is 7.52. The number of aromatic carboxylic acids is 1. The number of rotatable bonds is 11. The smallest absolute Gasteiger partial charge is 0.407 e. The molecule has 0 aliphatic rings. The summed E-state index contributed by atoms with van der Waals surface area (Å²) < 4.78 is 8.07. The van der Waals surface area contributed by atoms with Gasteiger partial charge in [-0.15, -0.1) is 0 Å². The molecular weight excluding hydrogens is 562 g/mol. The van der Waals surface area contributed by atoms with E-state index in [9.17, 15) is 24.3 Å². The molecule has 232 valence electrons. The number of hydrogen-bond acceptors (Lipinski definition) is 6. The Morgan fingerprint density at radius 1 is 1.05 bits per heavy atom. The lowest BCUT2D eigenvalue weighted by atomic mass is 10.1. The van der Waals surface area contributed by atoms with E-state index >= 15 is 0 Å². The van der Waals surface area contributed by atoms with Crippen LogP contribution in [-0.2, 0) is 11.3 Å². The number of fused-ring (bicyclic) bond motifs is 1. The van der Waals surface area contributed by atoms with E-state index in [1.54, 1.807) is 37.8 Å². The highest BCUT2D eigenvalue weighted by Gasteiger charge is 2.30. The van der Waals surface area contributed by atoms with E-state index in [1.807, 2.05) is 56.3 Å². The minimum atomic E-state index is -1.23. The topological polar surface area (TPSA) is 135 Å². The fraction of sp³-hybridized carbons (Fsp3) is 0.364. The van der Waals surface area contributed by atoms with Gasteiger partial charge in [0.1, 0.15) is 11.1 Å². The van der Waals surface area contributed by atoms with Crippen LogP contribution in [0.4, 0.5) is 4.79 Å². The molecular formula is C33H39N5O6. The number of nitrogens with one attached hydrogen (secondary N) is 1. The lowest BCUT2D eigenvalue weighted by Gasteiger charge is -2.32. The van der Waals surface area contributed by atoms with Crippen molar-refractivity contribution in [3.63, 3.8) is 0 Å². The van der Waals surface area contributed by atoms with Gasteiger partial charge in [-0.2, -0.15) is 5.10 Å². The molecule has 0 fully saturated rings. The van der Waals surface area contributed by atoms with Crippen LogP contribution in [0.15, 0.2) is 71.7 Å². The lowest BCUT2D eigenvalue weighted by molar-refractivity contribution is 0.0522. The predicted octanol–water partition coefficient (Wildman–Crippen LogP) is 5.06. The second-order valence-electron chi connectivity index (χ2n) is 11.6. The van der Waals surface area contributed by atoms with Gasteiger partial charge in [0.15, 0.2) is 5.82 Å². The minimum Gasteiger partial charge on any atom is -0.478 e. The predicted molar refractivity (Wildman–Crippen MR) is 166 cm³/mol. The molecule has 44 heavy (non-hydrogen) atoms. The zero-order chi connectivity index (χ0) is 32.0. The molecule has 1 atom stereocenters. The highest BCUT2D eigenvalue weighted by molar-refractivity contribution is 5.96. The van der Waals surface area contributed by atoms with Crippen LogP contribution in [0.2, 0.25) is 0 Å². The highest BCUT2D eigenvalue weighted by Crippen LogP contribution is 2.26. The van der Waals surface area contributed by atoms with Crippen molar-refractivity contribution in [2.45, 2.75) is 65.6 Å². The van der Waals surface area contributed by atoms with E-state index in [-0.39, 0.29) is 36.6 Å². The van der Waals surface area contributed by atoms with Gasteiger partial charge in [-0.25, -0.2) is 14.1 Å². The quantitative estimate of drug-likeness (QED) is 0.230. The Balaban J connectivity index is 1.77. The van der Waals surface area contributed by atoms with Crippen LogP contribution in [0.1, 0.15) is 84.2 Å². The second kappa shape index (κ2) is 13.6. The molecule has 2 aromatic carbocycles. The van der Waals surface area contributed by atoms with E-state index in [0.29, 0.717) is 24.2 Å². The number of benzene rings is 2. The van der Waals surface area contributed by atoms with Crippen LogP contribution in [0.3, 0.4) is 0 Å². The average Bonchev–Trinajstić information content (AvgIpc) is 3.41. The summed E-state index contributed by atoms with van der Waals surface area (Å²) >= 11 is 0. The summed E-state index contributed by atoms with van der Waals surface area (Å²) in [5.41, 5.74) is 0.937. The Hall–Kier alpha value is -4.93. The molecule has 2 amide bonds. The number of ether oxygens (including phenoxy) is 1. The largest absolute Gasteiger partial charge is 0.478 e. The first kappa shape index (κ1) is 32.0. The molecule has 1 unspecified atom stereocenters. The molecule has 4 rings (SSSR count). The zero-order valence-electron chi connectivity index (χ0n) is 25.7. The maximum absolute atomic E-state index is 14.1. The third-order valence-electron chi connectivity index (χ3n) is 7.08. The van der Waals surface area contributed by atoms with Crippen LogP contribution in [-0.4, -0.2) is 60.8 Å². The maximum Gasteiger partial charge on any atom is 0.407 e. The minimum absolute atomic E-state index is 0.0509. The summed E-state index contributed by atoms with van der Waals surface area (Å²) in [7, 11) is 0. The van der Waals surface area contributed by atoms with Crippen molar-refractivity contribution in [1.29, 1.82) is 0 Å². The monoisotopic (exact) mass is 601 g/mol. The molecule has 0 saturated heterocycles. The number of carboxylic acid groups (broad SMARTS) is 1. The Morgan fingerprint density at radius 2 is 1.73 bits per heavy atom. The van der Waals surface area contributed by atoms with Crippen molar-refractivity contribution in [1.82, 2.24) is 24.4 Å². The van der Waals surface area contributed by atoms with Gasteiger partial charge in [-0.1, -0.05) is 55.0 Å². The van der Waals surface area contributed by atoms with Crippen LogP contribution >= 0.6 is 0 Å². The number of carboxylic acids is 1. The molecule has 2 heterocycles. The molecule has 0 radical (unpaired) electrons. The molecule has 11 heteroatoms. The van der Waals surface area contributed by atoms with Crippen LogP contribution in [0, 0.1) is 6.92 Å². The van der Waals surface area contributed by atoms with Gasteiger partial charge < -0.3 is 20.1 Å². The summed E-state index contributed by atoms with van der Waals surface area (Å²) in [5, 5.41) is 17.2. The van der Waals surface area contributed by atoms with Gasteiger partial charge in [0.05, 0.1) is 18.2 Å². The van der Waals surface area contributed by atoms with Crippen LogP contribution < -0.4 is 10.9 Å². The van der Waals surface area contributed by atoms with Crippen molar-refractivity contribution in [3.05, 3.63) is 105 Å². The number of nitrogens with zero attached hydrogens (tertiary/aromatic N) is 4. The molecule has 2 N–H and O–H groups in total. The molecule has 0 aliphatic carbocycles. The number of aryl methyl sites for hydroxylation is 1. The van der Waals surface area contributed by atoms with Crippen molar-refractivity contribution in [2.75, 3.05) is 13.1 Å². The first-order valence-corrected chi connectivity index (χ1v) is 14.6. The van der Waals surface area contributed by atoms with Crippen molar-refractivity contribution in [3.8, 4) is 0 Å². The van der Waals surface area contributed by atoms with E-state index < -0.39 is 29.3 Å². The molecule has 0 saturated carbocycles. The Kier molecular flexibility index (Phi) is 9.87. The van der Waals surface area contributed by atoms with Gasteiger partial charge in [-0.3, -0.25) is 14.2 Å². The summed E-state index contributed by atoms with van der Waals surface area (Å²) in [6.45, 7) is 9.81. The number of alkyl carbamates (subject to hydrolysis) is 1. The van der Waals surface area contributed by atoms with Crippen molar-refractivity contribution in [2.24, 2.45) is 0 Å². The Labute approximate surface area is 256 Å². The van der Waals surface area contributed by atoms with Gasteiger partial charge in [0, 0.05) is 24.8 Å². The number of aromatic nitrogens is 3. The second-order valence-corrected chi connectivity index (χ2v) is 11.6. The molecule has 0 aliphatic heterocycles. The molecule has 0 bridgehead atoms. The number of carbonyl (C=O) groups is 3. The summed E-state index contributed by atoms with van der Waals surface area (Å²) in [6, 6.07) is 17.3. The van der Waals surface area contributed by atoms with E-state index in [0.717, 1.165) is 11.1 Å². The van der Waals surface area contributed by atoms with Crippen molar-refractivity contribution >= 4 is 23.5 Å². The Bertz CT molecular complexity index is 1690. The first-order valence-electron chi connectivity index (χ1n) is 14.6. The third-order valence-corrected chi connectivity index (χ3v) is 7.08. The Morgan fingerprint density at radius 3 is 2.34 bits per heavy atom. The average molecular weight is 602 g/mol. The van der Waals surface area contributed by atoms with Crippen LogP contribution in [0.5, 0.6) is 0 Å². The summed E-state index contributed by atoms with van der Waals surface area (Å²) in [5.74, 6) is -1.17. The van der Waals surface area contributed by atoms with Crippen molar-refractivity contribution < 1.29 is 24.2 Å². The molecule has 4 aromatic rings. The normalized spacial score (nSPS) is 12.1. The van der Waals surface area contributed by atoms with Gasteiger partial charge in [0.2, 0.25) is 0 Å². The standard InChI is InChI=1S/C33H39N5O6/c1-6-26(36(29(39)24-15-13-22(2)14-16-24)19-10-18-34-32(43)44-33(3,4)5)28-35-38-20-17-25(31(41)42)27(38)30(40)37(28)21-23-11-8-7-9-12-23/h7-9,11-17,20,26H,6,10,18-19,21H2,1-5H3,(H,34,43)(H,41,42). The SMILES string of the molecule is CCC(c1nn2ccc(C(=O)O)c2c(=O)n1Cc1ccccc1)N(CCCNC(=O)OC(C)(C)C)C(=O)c1ccc(C)cc1.